The van der Waals surface area contributed by atoms with Crippen molar-refractivity contribution in [1.29, 1.82) is 0 Å². The quantitative estimate of drug-likeness (QED) is 0.584. The number of carbonyl (C=O) groups is 2. The van der Waals surface area contributed by atoms with Gasteiger partial charge >= 0.3 is 0 Å². The molecule has 0 spiro atoms. The van der Waals surface area contributed by atoms with Crippen LogP contribution in [0.25, 0.3) is 0 Å². The molecule has 1 amide bonds. The summed E-state index contributed by atoms with van der Waals surface area (Å²) in [7, 11) is 1.55. The van der Waals surface area contributed by atoms with Crippen molar-refractivity contribution in [1.82, 2.24) is 4.90 Å². The van der Waals surface area contributed by atoms with Gasteiger partial charge in [0.25, 0.3) is 5.91 Å². The second-order valence-corrected chi connectivity index (χ2v) is 6.51. The van der Waals surface area contributed by atoms with Crippen LogP contribution in [0.2, 0.25) is 5.02 Å². The summed E-state index contributed by atoms with van der Waals surface area (Å²) in [6, 6.07) is 19.8. The van der Waals surface area contributed by atoms with Crippen molar-refractivity contribution in [2.24, 2.45) is 0 Å². The Balaban J connectivity index is 1.90. The molecule has 3 aromatic rings. The van der Waals surface area contributed by atoms with E-state index in [1.165, 1.54) is 17.0 Å². The molecule has 0 fully saturated rings. The van der Waals surface area contributed by atoms with E-state index in [0.29, 0.717) is 11.1 Å². The number of ketones is 1. The number of rotatable bonds is 5. The highest BCUT2D eigenvalue weighted by molar-refractivity contribution is 6.31. The number of benzene rings is 3. The molecule has 0 saturated heterocycles. The molecule has 0 atom stereocenters. The van der Waals surface area contributed by atoms with Crippen molar-refractivity contribution in [3.05, 3.63) is 106 Å². The van der Waals surface area contributed by atoms with E-state index in [-0.39, 0.29) is 34.4 Å². The van der Waals surface area contributed by atoms with Crippen LogP contribution in [0.15, 0.2) is 72.8 Å². The molecule has 0 unspecified atom stereocenters. The minimum absolute atomic E-state index is 0.00178. The van der Waals surface area contributed by atoms with Crippen LogP contribution in [0.4, 0.5) is 4.39 Å². The summed E-state index contributed by atoms with van der Waals surface area (Å²) in [5.74, 6) is -1.10. The standard InChI is InChI=1S/C22H17ClFNO2/c1-25(14-18-19(23)12-7-13-20(18)24)22(27)17-11-6-5-10-16(17)21(26)15-8-3-2-4-9-15/h2-13H,14H2,1H3. The van der Waals surface area contributed by atoms with E-state index in [9.17, 15) is 14.0 Å². The van der Waals surface area contributed by atoms with E-state index in [0.717, 1.165) is 0 Å². The molecule has 0 aliphatic carbocycles. The van der Waals surface area contributed by atoms with Crippen LogP contribution in [-0.2, 0) is 6.54 Å². The SMILES string of the molecule is CN(Cc1c(F)cccc1Cl)C(=O)c1ccccc1C(=O)c1ccccc1. The van der Waals surface area contributed by atoms with Crippen molar-refractivity contribution in [3.63, 3.8) is 0 Å². The van der Waals surface area contributed by atoms with Gasteiger partial charge in [-0.1, -0.05) is 66.2 Å². The minimum Gasteiger partial charge on any atom is -0.337 e. The average molecular weight is 382 g/mol. The van der Waals surface area contributed by atoms with Crippen molar-refractivity contribution in [2.75, 3.05) is 7.05 Å². The van der Waals surface area contributed by atoms with Crippen LogP contribution >= 0.6 is 11.6 Å². The van der Waals surface area contributed by atoms with E-state index in [2.05, 4.69) is 0 Å². The zero-order chi connectivity index (χ0) is 19.4. The Hall–Kier alpha value is -2.98. The number of amides is 1. The minimum atomic E-state index is -0.476. The molecule has 0 bridgehead atoms. The van der Waals surface area contributed by atoms with Crippen LogP contribution < -0.4 is 0 Å². The largest absolute Gasteiger partial charge is 0.337 e. The molecule has 0 aromatic heterocycles. The number of halogens is 2. The molecule has 0 radical (unpaired) electrons. The Morgan fingerprint density at radius 3 is 2.19 bits per heavy atom. The lowest BCUT2D eigenvalue weighted by molar-refractivity contribution is 0.0779. The lowest BCUT2D eigenvalue weighted by Gasteiger charge is -2.20. The first-order valence-corrected chi connectivity index (χ1v) is 8.74. The Morgan fingerprint density at radius 2 is 1.52 bits per heavy atom. The fourth-order valence-electron chi connectivity index (χ4n) is 2.81. The van der Waals surface area contributed by atoms with Crippen molar-refractivity contribution >= 4 is 23.3 Å². The van der Waals surface area contributed by atoms with Gasteiger partial charge in [-0.2, -0.15) is 0 Å². The van der Waals surface area contributed by atoms with Crippen LogP contribution in [0.1, 0.15) is 31.8 Å². The molecule has 0 heterocycles. The van der Waals surface area contributed by atoms with E-state index < -0.39 is 5.82 Å². The molecule has 136 valence electrons. The maximum absolute atomic E-state index is 14.0. The highest BCUT2D eigenvalue weighted by Gasteiger charge is 2.21. The summed E-state index contributed by atoms with van der Waals surface area (Å²) < 4.78 is 14.0. The molecule has 0 N–H and O–H groups in total. The monoisotopic (exact) mass is 381 g/mol. The molecule has 0 saturated carbocycles. The Morgan fingerprint density at radius 1 is 0.889 bits per heavy atom. The summed E-state index contributed by atoms with van der Waals surface area (Å²) in [5.41, 5.74) is 1.31. The Kier molecular flexibility index (Phi) is 5.67. The summed E-state index contributed by atoms with van der Waals surface area (Å²) in [4.78, 5) is 27.1. The highest BCUT2D eigenvalue weighted by Crippen LogP contribution is 2.22. The molecule has 5 heteroatoms. The van der Waals surface area contributed by atoms with E-state index in [1.807, 2.05) is 6.07 Å². The summed E-state index contributed by atoms with van der Waals surface area (Å²) in [5, 5.41) is 0.253. The van der Waals surface area contributed by atoms with E-state index in [4.69, 9.17) is 11.6 Å². The van der Waals surface area contributed by atoms with Crippen molar-refractivity contribution < 1.29 is 14.0 Å². The predicted molar refractivity (Wildman–Crippen MR) is 104 cm³/mol. The van der Waals surface area contributed by atoms with Crippen LogP contribution in [0.3, 0.4) is 0 Å². The van der Waals surface area contributed by atoms with Gasteiger partial charge in [0.1, 0.15) is 5.82 Å². The third kappa shape index (κ3) is 4.07. The Bertz CT molecular complexity index is 968. The average Bonchev–Trinajstić information content (AvgIpc) is 2.70. The lowest BCUT2D eigenvalue weighted by Crippen LogP contribution is -2.28. The van der Waals surface area contributed by atoms with Crippen molar-refractivity contribution in [2.45, 2.75) is 6.54 Å². The van der Waals surface area contributed by atoms with Gasteiger partial charge in [-0.25, -0.2) is 4.39 Å². The normalized spacial score (nSPS) is 10.5. The van der Waals surface area contributed by atoms with Gasteiger partial charge < -0.3 is 4.90 Å². The van der Waals surface area contributed by atoms with Gasteiger partial charge in [-0.3, -0.25) is 9.59 Å². The van der Waals surface area contributed by atoms with Crippen LogP contribution in [0.5, 0.6) is 0 Å². The first kappa shape index (κ1) is 18.8. The summed E-state index contributed by atoms with van der Waals surface area (Å²) in [6.07, 6.45) is 0. The van der Waals surface area contributed by atoms with E-state index >= 15 is 0 Å². The molecule has 3 rings (SSSR count). The molecule has 27 heavy (non-hydrogen) atoms. The fourth-order valence-corrected chi connectivity index (χ4v) is 3.03. The molecule has 3 nitrogen and oxygen atoms in total. The fraction of sp³-hybridized carbons (Fsp3) is 0.0909. The Labute approximate surface area is 162 Å². The molecular formula is C22H17ClFNO2. The summed E-state index contributed by atoms with van der Waals surface area (Å²) in [6.45, 7) is -0.00178. The highest BCUT2D eigenvalue weighted by atomic mass is 35.5. The van der Waals surface area contributed by atoms with Gasteiger partial charge in [-0.15, -0.1) is 0 Å². The first-order chi connectivity index (χ1) is 13.0. The van der Waals surface area contributed by atoms with Gasteiger partial charge in [-0.05, 0) is 18.2 Å². The first-order valence-electron chi connectivity index (χ1n) is 8.36. The zero-order valence-corrected chi connectivity index (χ0v) is 15.4. The third-order valence-corrected chi connectivity index (χ3v) is 4.60. The lowest BCUT2D eigenvalue weighted by atomic mass is 9.97. The second-order valence-electron chi connectivity index (χ2n) is 6.10. The summed E-state index contributed by atoms with van der Waals surface area (Å²) >= 11 is 6.05. The maximum atomic E-state index is 14.0. The van der Waals surface area contributed by atoms with Crippen LogP contribution in [-0.4, -0.2) is 23.6 Å². The number of hydrogen-bond donors (Lipinski definition) is 0. The molecular weight excluding hydrogens is 365 g/mol. The maximum Gasteiger partial charge on any atom is 0.254 e. The third-order valence-electron chi connectivity index (χ3n) is 4.24. The topological polar surface area (TPSA) is 37.4 Å². The van der Waals surface area contributed by atoms with Gasteiger partial charge in [0.2, 0.25) is 0 Å². The molecule has 0 aliphatic rings. The van der Waals surface area contributed by atoms with E-state index in [1.54, 1.807) is 61.6 Å². The smallest absolute Gasteiger partial charge is 0.254 e. The number of hydrogen-bond acceptors (Lipinski definition) is 2. The molecule has 3 aromatic carbocycles. The zero-order valence-electron chi connectivity index (χ0n) is 14.7. The van der Waals surface area contributed by atoms with Crippen LogP contribution in [0, 0.1) is 5.82 Å². The predicted octanol–water partition coefficient (Wildman–Crippen LogP) is 4.98. The number of carbonyl (C=O) groups excluding carboxylic acids is 2. The second kappa shape index (κ2) is 8.14. The van der Waals surface area contributed by atoms with Gasteiger partial charge in [0.05, 0.1) is 5.56 Å². The van der Waals surface area contributed by atoms with Crippen molar-refractivity contribution in [3.8, 4) is 0 Å². The number of nitrogens with zero attached hydrogens (tertiary/aromatic N) is 1. The van der Waals surface area contributed by atoms with Gasteiger partial charge in [0, 0.05) is 35.3 Å². The molecule has 0 aliphatic heterocycles. The van der Waals surface area contributed by atoms with Gasteiger partial charge in [0.15, 0.2) is 5.78 Å².